The van der Waals surface area contributed by atoms with Crippen molar-refractivity contribution < 1.29 is 22.7 Å². The van der Waals surface area contributed by atoms with Crippen LogP contribution in [0.25, 0.3) is 0 Å². The van der Waals surface area contributed by atoms with Crippen molar-refractivity contribution in [3.05, 3.63) is 96.6 Å². The van der Waals surface area contributed by atoms with Crippen molar-refractivity contribution in [3.63, 3.8) is 0 Å². The average Bonchev–Trinajstić information content (AvgIpc) is 2.85. The van der Waals surface area contributed by atoms with Gasteiger partial charge >= 0.3 is 12.0 Å². The summed E-state index contributed by atoms with van der Waals surface area (Å²) in [5, 5.41) is 1.88. The van der Waals surface area contributed by atoms with Crippen molar-refractivity contribution in [2.75, 3.05) is 6.61 Å². The standard InChI is InChI=1S/C29H33F2NO3Si/c1-22-26(32(27(33)29(30,31)35-22)20-23-14-8-5-9-15-23)21-34-36(28(2,3)4,24-16-10-6-11-17-24)25-18-12-7-13-19-25/h5-19,22,26H,20-21H2,1-4H3/t22-,26+/m0/s1. The Balaban J connectivity index is 1.75. The summed E-state index contributed by atoms with van der Waals surface area (Å²) < 4.78 is 41.0. The molecule has 36 heavy (non-hydrogen) atoms. The summed E-state index contributed by atoms with van der Waals surface area (Å²) in [6, 6.07) is 28.7. The van der Waals surface area contributed by atoms with E-state index in [1.165, 1.54) is 4.90 Å². The Kier molecular flexibility index (Phi) is 7.45. The van der Waals surface area contributed by atoms with Gasteiger partial charge < -0.3 is 14.1 Å². The number of nitrogens with zero attached hydrogens (tertiary/aromatic N) is 1. The minimum absolute atomic E-state index is 0.0533. The molecule has 1 saturated heterocycles. The van der Waals surface area contributed by atoms with Crippen molar-refractivity contribution in [2.24, 2.45) is 0 Å². The number of benzene rings is 3. The molecule has 1 amide bonds. The number of hydrogen-bond acceptors (Lipinski definition) is 3. The van der Waals surface area contributed by atoms with Crippen LogP contribution < -0.4 is 10.4 Å². The van der Waals surface area contributed by atoms with E-state index in [9.17, 15) is 13.6 Å². The monoisotopic (exact) mass is 509 g/mol. The third kappa shape index (κ3) is 5.01. The van der Waals surface area contributed by atoms with Gasteiger partial charge in [0.2, 0.25) is 0 Å². The maximum atomic E-state index is 14.5. The fourth-order valence-corrected chi connectivity index (χ4v) is 9.68. The van der Waals surface area contributed by atoms with Crippen LogP contribution in [0.5, 0.6) is 0 Å². The normalized spacial score (nSPS) is 20.4. The van der Waals surface area contributed by atoms with Crippen LogP contribution >= 0.6 is 0 Å². The summed E-state index contributed by atoms with van der Waals surface area (Å²) in [5.74, 6) is -1.33. The van der Waals surface area contributed by atoms with Crippen LogP contribution in [0, 0.1) is 0 Å². The quantitative estimate of drug-likeness (QED) is 0.422. The molecule has 3 aromatic carbocycles. The van der Waals surface area contributed by atoms with Gasteiger partial charge in [-0.15, -0.1) is 0 Å². The molecule has 3 aromatic rings. The van der Waals surface area contributed by atoms with Gasteiger partial charge in [-0.25, -0.2) is 0 Å². The van der Waals surface area contributed by atoms with Crippen molar-refractivity contribution >= 4 is 24.6 Å². The summed E-state index contributed by atoms with van der Waals surface area (Å²) in [5.41, 5.74) is 0.770. The lowest BCUT2D eigenvalue weighted by atomic mass is 10.1. The zero-order valence-electron chi connectivity index (χ0n) is 21.2. The lowest BCUT2D eigenvalue weighted by Crippen LogP contribution is -2.69. The number of halogens is 2. The summed E-state index contributed by atoms with van der Waals surface area (Å²) in [6.45, 7) is 8.17. The van der Waals surface area contributed by atoms with Crippen LogP contribution in [0.1, 0.15) is 33.3 Å². The first-order valence-electron chi connectivity index (χ1n) is 12.2. The SMILES string of the molecule is C[C@@H]1OC(F)(F)C(=O)N(Cc2ccccc2)[C@@H]1CO[Si](c1ccccc1)(c1ccccc1)C(C)(C)C. The minimum Gasteiger partial charge on any atom is -0.405 e. The van der Waals surface area contributed by atoms with Crippen LogP contribution in [0.2, 0.25) is 5.04 Å². The van der Waals surface area contributed by atoms with E-state index in [0.29, 0.717) is 0 Å². The molecule has 2 atom stereocenters. The van der Waals surface area contributed by atoms with Crippen LogP contribution in [0.15, 0.2) is 91.0 Å². The third-order valence-electron chi connectivity index (χ3n) is 6.87. The number of alkyl halides is 2. The lowest BCUT2D eigenvalue weighted by Gasteiger charge is -2.47. The first-order chi connectivity index (χ1) is 17.1. The van der Waals surface area contributed by atoms with E-state index in [4.69, 9.17) is 9.16 Å². The molecule has 0 aliphatic carbocycles. The Hall–Kier alpha value is -2.87. The molecule has 1 heterocycles. The number of rotatable bonds is 7. The first kappa shape index (κ1) is 26.2. The third-order valence-corrected chi connectivity index (χ3v) is 11.9. The van der Waals surface area contributed by atoms with Gasteiger partial charge in [-0.2, -0.15) is 8.78 Å². The Morgan fingerprint density at radius 3 is 1.83 bits per heavy atom. The molecule has 7 heteroatoms. The van der Waals surface area contributed by atoms with Gasteiger partial charge in [0.15, 0.2) is 0 Å². The Morgan fingerprint density at radius 1 is 0.889 bits per heavy atom. The van der Waals surface area contributed by atoms with E-state index in [-0.39, 0.29) is 18.2 Å². The van der Waals surface area contributed by atoms with Crippen LogP contribution in [0.3, 0.4) is 0 Å². The molecule has 0 N–H and O–H groups in total. The van der Waals surface area contributed by atoms with Crippen molar-refractivity contribution in [1.29, 1.82) is 0 Å². The van der Waals surface area contributed by atoms with Crippen molar-refractivity contribution in [1.82, 2.24) is 4.90 Å². The molecular formula is C29H33F2NO3Si. The second kappa shape index (κ2) is 10.2. The number of hydrogen-bond donors (Lipinski definition) is 0. The number of carbonyl (C=O) groups excluding carboxylic acids is 1. The van der Waals surface area contributed by atoms with Crippen LogP contribution in [-0.2, 0) is 20.5 Å². The number of ether oxygens (including phenoxy) is 1. The average molecular weight is 510 g/mol. The van der Waals surface area contributed by atoms with E-state index in [1.807, 2.05) is 66.7 Å². The van der Waals surface area contributed by atoms with Gasteiger partial charge in [-0.05, 0) is 27.9 Å². The van der Waals surface area contributed by atoms with E-state index in [2.05, 4.69) is 45.0 Å². The zero-order valence-corrected chi connectivity index (χ0v) is 22.2. The number of carbonyl (C=O) groups is 1. The highest BCUT2D eigenvalue weighted by Crippen LogP contribution is 2.38. The molecule has 4 rings (SSSR count). The topological polar surface area (TPSA) is 38.8 Å². The summed E-state index contributed by atoms with van der Waals surface area (Å²) in [7, 11) is -2.92. The van der Waals surface area contributed by atoms with Gasteiger partial charge in [-0.1, -0.05) is 112 Å². The van der Waals surface area contributed by atoms with Crippen molar-refractivity contribution in [2.45, 2.75) is 57.5 Å². The van der Waals surface area contributed by atoms with E-state index in [0.717, 1.165) is 15.9 Å². The number of amides is 1. The maximum absolute atomic E-state index is 14.5. The summed E-state index contributed by atoms with van der Waals surface area (Å²) >= 11 is 0. The molecule has 1 aliphatic heterocycles. The zero-order chi connectivity index (χ0) is 26.0. The highest BCUT2D eigenvalue weighted by Gasteiger charge is 2.55. The molecule has 0 aromatic heterocycles. The largest absolute Gasteiger partial charge is 0.437 e. The molecule has 0 bridgehead atoms. The molecule has 1 aliphatic rings. The van der Waals surface area contributed by atoms with Gasteiger partial charge in [0.1, 0.15) is 0 Å². The summed E-state index contributed by atoms with van der Waals surface area (Å²) in [6.07, 6.45) is -4.79. The molecule has 0 radical (unpaired) electrons. The Bertz CT molecular complexity index is 1110. The van der Waals surface area contributed by atoms with Crippen LogP contribution in [0.4, 0.5) is 8.78 Å². The predicted molar refractivity (Wildman–Crippen MR) is 140 cm³/mol. The molecular weight excluding hydrogens is 476 g/mol. The molecule has 190 valence electrons. The molecule has 4 nitrogen and oxygen atoms in total. The van der Waals surface area contributed by atoms with Crippen molar-refractivity contribution in [3.8, 4) is 0 Å². The summed E-state index contributed by atoms with van der Waals surface area (Å²) in [4.78, 5) is 14.1. The smallest absolute Gasteiger partial charge is 0.405 e. The Morgan fingerprint density at radius 2 is 1.36 bits per heavy atom. The molecule has 0 saturated carbocycles. The van der Waals surface area contributed by atoms with Gasteiger partial charge in [-0.3, -0.25) is 4.79 Å². The second-order valence-corrected chi connectivity index (χ2v) is 14.6. The first-order valence-corrected chi connectivity index (χ1v) is 14.1. The fraction of sp³-hybridized carbons (Fsp3) is 0.345. The highest BCUT2D eigenvalue weighted by molar-refractivity contribution is 6.99. The molecule has 1 fully saturated rings. The number of morpholine rings is 1. The fourth-order valence-electron chi connectivity index (χ4n) is 5.10. The predicted octanol–water partition coefficient (Wildman–Crippen LogP) is 4.97. The van der Waals surface area contributed by atoms with Crippen LogP contribution in [-0.4, -0.2) is 44.0 Å². The van der Waals surface area contributed by atoms with Gasteiger partial charge in [0, 0.05) is 6.54 Å². The van der Waals surface area contributed by atoms with E-state index < -0.39 is 32.5 Å². The molecule has 0 unspecified atom stereocenters. The van der Waals surface area contributed by atoms with E-state index in [1.54, 1.807) is 6.92 Å². The van der Waals surface area contributed by atoms with Gasteiger partial charge in [0.05, 0.1) is 18.8 Å². The Labute approximate surface area is 213 Å². The minimum atomic E-state index is -3.87. The lowest BCUT2D eigenvalue weighted by molar-refractivity contribution is -0.286. The second-order valence-electron chi connectivity index (χ2n) is 10.3. The van der Waals surface area contributed by atoms with Gasteiger partial charge in [0.25, 0.3) is 8.32 Å². The maximum Gasteiger partial charge on any atom is 0.437 e. The van der Waals surface area contributed by atoms with E-state index >= 15 is 0 Å². The molecule has 0 spiro atoms. The highest BCUT2D eigenvalue weighted by atomic mass is 28.4.